The zero-order chi connectivity index (χ0) is 10.7. The van der Waals surface area contributed by atoms with Gasteiger partial charge in [-0.3, -0.25) is 0 Å². The fraction of sp³-hybridized carbons (Fsp3) is 0.818. The molecular weight excluding hydrogens is 188 g/mol. The van der Waals surface area contributed by atoms with E-state index in [2.05, 4.69) is 53.5 Å². The highest BCUT2D eigenvalue weighted by Gasteiger charge is 2.55. The molecule has 0 spiro atoms. The van der Waals surface area contributed by atoms with Crippen molar-refractivity contribution in [1.29, 1.82) is 0 Å². The van der Waals surface area contributed by atoms with Gasteiger partial charge in [0, 0.05) is 0 Å². The van der Waals surface area contributed by atoms with E-state index in [0.717, 1.165) is 0 Å². The molecule has 0 saturated heterocycles. The van der Waals surface area contributed by atoms with Crippen LogP contribution in [0.4, 0.5) is 0 Å². The largest absolute Gasteiger partial charge is 0.0977 e. The van der Waals surface area contributed by atoms with Crippen molar-refractivity contribution in [1.82, 2.24) is 0 Å². The number of hydrogen-bond acceptors (Lipinski definition) is 0. The molecule has 1 heterocycles. The van der Waals surface area contributed by atoms with Crippen LogP contribution in [0.15, 0.2) is 10.0 Å². The lowest BCUT2D eigenvalue weighted by atomic mass is 9.97. The summed E-state index contributed by atoms with van der Waals surface area (Å²) in [5.41, 5.74) is 0.450. The first-order valence-corrected chi connectivity index (χ1v) is 11.8. The van der Waals surface area contributed by atoms with Crippen molar-refractivity contribution in [3.63, 3.8) is 0 Å². The van der Waals surface area contributed by atoms with Gasteiger partial charge in [0.1, 0.15) is 0 Å². The molecule has 1 rings (SSSR count). The normalized spacial score (nSPS) is 22.2. The second-order valence-corrected chi connectivity index (χ2v) is 16.6. The van der Waals surface area contributed by atoms with Gasteiger partial charge in [0.15, 0.2) is 0 Å². The summed E-state index contributed by atoms with van der Waals surface area (Å²) in [6.07, 6.45) is 0. The molecule has 0 bridgehead atoms. The van der Waals surface area contributed by atoms with Crippen LogP contribution >= 0.6 is 0 Å². The quantitative estimate of drug-likeness (QED) is 0.576. The Bertz CT molecular complexity index is 233. The highest BCUT2D eigenvalue weighted by atomic mass is 28.4. The monoisotopic (exact) mass is 212 g/mol. The Morgan fingerprint density at radius 3 is 1.46 bits per heavy atom. The molecule has 0 atom stereocenters. The molecule has 0 N–H and O–H groups in total. The molecule has 0 nitrogen and oxygen atoms in total. The van der Waals surface area contributed by atoms with Crippen LogP contribution in [0.25, 0.3) is 0 Å². The van der Waals surface area contributed by atoms with Crippen molar-refractivity contribution >= 4 is 16.1 Å². The summed E-state index contributed by atoms with van der Waals surface area (Å²) in [7, 11) is -1.99. The minimum absolute atomic E-state index is 0.450. The van der Waals surface area contributed by atoms with Gasteiger partial charge in [-0.1, -0.05) is 63.5 Å². The van der Waals surface area contributed by atoms with Crippen molar-refractivity contribution in [2.24, 2.45) is 5.41 Å². The van der Waals surface area contributed by atoms with Gasteiger partial charge in [-0.2, -0.15) is 0 Å². The summed E-state index contributed by atoms with van der Waals surface area (Å²) in [6.45, 7) is 19.7. The lowest BCUT2D eigenvalue weighted by molar-refractivity contribution is 0.535. The minimum Gasteiger partial charge on any atom is -0.0904 e. The molecule has 76 valence electrons. The summed E-state index contributed by atoms with van der Waals surface area (Å²) in [5.74, 6) is 0. The molecule has 0 unspecified atom stereocenters. The van der Waals surface area contributed by atoms with E-state index in [0.29, 0.717) is 5.41 Å². The predicted molar refractivity (Wildman–Crippen MR) is 67.3 cm³/mol. The van der Waals surface area contributed by atoms with Crippen molar-refractivity contribution in [3.8, 4) is 0 Å². The Balaban J connectivity index is 3.05. The Morgan fingerprint density at radius 2 is 1.38 bits per heavy atom. The van der Waals surface area contributed by atoms with Gasteiger partial charge >= 0.3 is 0 Å². The van der Waals surface area contributed by atoms with E-state index in [1.807, 2.05) is 10.0 Å². The third-order valence-corrected chi connectivity index (χ3v) is 12.6. The first-order chi connectivity index (χ1) is 5.49. The third kappa shape index (κ3) is 1.84. The molecule has 0 aromatic carbocycles. The molecule has 2 heteroatoms. The van der Waals surface area contributed by atoms with Crippen molar-refractivity contribution in [3.05, 3.63) is 10.0 Å². The molecule has 0 radical (unpaired) electrons. The Labute approximate surface area is 85.5 Å². The van der Waals surface area contributed by atoms with Crippen LogP contribution < -0.4 is 0 Å². The highest BCUT2D eigenvalue weighted by molar-refractivity contribution is 7.17. The SMILES string of the molecule is CC(C)(C)C1=C([Si](C)(C)C)[Si]1(C)C. The van der Waals surface area contributed by atoms with E-state index in [1.165, 1.54) is 0 Å². The molecule has 0 aromatic rings. The molecular formula is C11H24Si2. The molecule has 13 heavy (non-hydrogen) atoms. The van der Waals surface area contributed by atoms with Gasteiger partial charge in [0.25, 0.3) is 0 Å². The van der Waals surface area contributed by atoms with Crippen LogP contribution in [0, 0.1) is 5.41 Å². The van der Waals surface area contributed by atoms with Crippen molar-refractivity contribution < 1.29 is 0 Å². The van der Waals surface area contributed by atoms with E-state index in [9.17, 15) is 0 Å². The molecule has 0 aromatic heterocycles. The Hall–Kier alpha value is 0.174. The van der Waals surface area contributed by atoms with E-state index in [4.69, 9.17) is 0 Å². The van der Waals surface area contributed by atoms with Gasteiger partial charge in [-0.15, -0.1) is 0 Å². The van der Waals surface area contributed by atoms with Gasteiger partial charge in [-0.05, 0) is 5.41 Å². The van der Waals surface area contributed by atoms with Crippen LogP contribution in [0.2, 0.25) is 32.7 Å². The fourth-order valence-electron chi connectivity index (χ4n) is 3.09. The molecule has 1 aliphatic rings. The molecule has 0 saturated carbocycles. The van der Waals surface area contributed by atoms with Gasteiger partial charge < -0.3 is 0 Å². The van der Waals surface area contributed by atoms with Gasteiger partial charge in [0.05, 0.1) is 16.1 Å². The van der Waals surface area contributed by atoms with E-state index in [1.54, 1.807) is 0 Å². The summed E-state index contributed by atoms with van der Waals surface area (Å²) in [6, 6.07) is 0. The van der Waals surface area contributed by atoms with E-state index >= 15 is 0 Å². The molecule has 0 aliphatic carbocycles. The topological polar surface area (TPSA) is 0 Å². The Kier molecular flexibility index (Phi) is 2.25. The molecule has 1 aliphatic heterocycles. The maximum absolute atomic E-state index is 2.53. The molecule has 0 amide bonds. The summed E-state index contributed by atoms with van der Waals surface area (Å²) in [4.78, 5) is 1.95. The van der Waals surface area contributed by atoms with Crippen LogP contribution in [0.5, 0.6) is 0 Å². The average molecular weight is 212 g/mol. The van der Waals surface area contributed by atoms with E-state index in [-0.39, 0.29) is 0 Å². The highest BCUT2D eigenvalue weighted by Crippen LogP contribution is 2.54. The Morgan fingerprint density at radius 1 is 1.00 bits per heavy atom. The second kappa shape index (κ2) is 2.60. The van der Waals surface area contributed by atoms with Crippen LogP contribution in [0.1, 0.15) is 20.8 Å². The maximum atomic E-state index is 2.53. The van der Waals surface area contributed by atoms with Gasteiger partial charge in [0.2, 0.25) is 0 Å². The zero-order valence-electron chi connectivity index (χ0n) is 10.5. The second-order valence-electron chi connectivity index (χ2n) is 6.88. The number of allylic oxidation sites excluding steroid dienone is 1. The first-order valence-electron chi connectivity index (χ1n) is 5.25. The smallest absolute Gasteiger partial charge is 0.0904 e. The predicted octanol–water partition coefficient (Wildman–Crippen LogP) is 4.01. The fourth-order valence-corrected chi connectivity index (χ4v) is 17.9. The lowest BCUT2D eigenvalue weighted by Gasteiger charge is -2.18. The third-order valence-electron chi connectivity index (χ3n) is 2.94. The van der Waals surface area contributed by atoms with Gasteiger partial charge in [-0.25, -0.2) is 0 Å². The zero-order valence-corrected chi connectivity index (χ0v) is 12.5. The first kappa shape index (κ1) is 11.2. The summed E-state index contributed by atoms with van der Waals surface area (Å²) < 4.78 is 0. The number of hydrogen-bond donors (Lipinski definition) is 0. The minimum atomic E-state index is -0.996. The summed E-state index contributed by atoms with van der Waals surface area (Å²) >= 11 is 0. The van der Waals surface area contributed by atoms with Crippen molar-refractivity contribution in [2.45, 2.75) is 53.5 Å². The van der Waals surface area contributed by atoms with Crippen LogP contribution in [-0.2, 0) is 0 Å². The number of rotatable bonds is 1. The van der Waals surface area contributed by atoms with Crippen LogP contribution in [-0.4, -0.2) is 16.1 Å². The lowest BCUT2D eigenvalue weighted by Crippen LogP contribution is -2.28. The average Bonchev–Trinajstić information content (AvgIpc) is 2.29. The van der Waals surface area contributed by atoms with E-state index < -0.39 is 16.1 Å². The standard InChI is InChI=1S/C11H24Si2/c1-11(2,3)9-10(12(4,5)6)13(9,7)8/h1-8H3. The van der Waals surface area contributed by atoms with Crippen LogP contribution in [0.3, 0.4) is 0 Å². The summed E-state index contributed by atoms with van der Waals surface area (Å²) in [5, 5.41) is 1.87. The van der Waals surface area contributed by atoms with Crippen molar-refractivity contribution in [2.75, 3.05) is 0 Å². The molecule has 0 fully saturated rings. The maximum Gasteiger partial charge on any atom is 0.0977 e.